The van der Waals surface area contributed by atoms with E-state index in [4.69, 9.17) is 10.2 Å². The summed E-state index contributed by atoms with van der Waals surface area (Å²) in [5.74, 6) is -1.16. The second-order valence-corrected chi connectivity index (χ2v) is 6.64. The molecule has 3 aromatic rings. The van der Waals surface area contributed by atoms with E-state index >= 15 is 0 Å². The molecular weight excluding hydrogens is 346 g/mol. The molecule has 140 valence electrons. The number of hydrogen-bond donors (Lipinski definition) is 2. The van der Waals surface area contributed by atoms with Gasteiger partial charge in [0, 0.05) is 30.3 Å². The number of benzene rings is 3. The van der Waals surface area contributed by atoms with E-state index in [1.165, 1.54) is 12.1 Å². The molecule has 0 aliphatic rings. The Balaban J connectivity index is 1.82. The summed E-state index contributed by atoms with van der Waals surface area (Å²) in [6, 6.07) is 19.0. The zero-order valence-corrected chi connectivity index (χ0v) is 14.9. The summed E-state index contributed by atoms with van der Waals surface area (Å²) in [6.07, 6.45) is 1.10. The first-order valence-corrected chi connectivity index (χ1v) is 8.98. The van der Waals surface area contributed by atoms with Crippen molar-refractivity contribution in [1.82, 2.24) is 0 Å². The van der Waals surface area contributed by atoms with Crippen LogP contribution in [0.25, 0.3) is 22.3 Å². The molecule has 0 radical (unpaired) electrons. The molecule has 4 heteroatoms. The van der Waals surface area contributed by atoms with Gasteiger partial charge >= 0.3 is 0 Å². The molecule has 0 amide bonds. The minimum Gasteiger partial charge on any atom is -0.396 e. The fourth-order valence-corrected chi connectivity index (χ4v) is 3.09. The predicted octanol–water partition coefficient (Wildman–Crippen LogP) is 4.83. The minimum absolute atomic E-state index is 0.101. The summed E-state index contributed by atoms with van der Waals surface area (Å²) < 4.78 is 29.2. The van der Waals surface area contributed by atoms with Crippen molar-refractivity contribution in [2.24, 2.45) is 5.92 Å². The summed E-state index contributed by atoms with van der Waals surface area (Å²) in [5, 5.41) is 18.2. The molecule has 0 fully saturated rings. The first-order valence-electron chi connectivity index (χ1n) is 8.98. The molecule has 0 aliphatic heterocycles. The monoisotopic (exact) mass is 368 g/mol. The van der Waals surface area contributed by atoms with Crippen LogP contribution in [0.1, 0.15) is 12.0 Å². The van der Waals surface area contributed by atoms with E-state index in [1.54, 1.807) is 24.3 Å². The Morgan fingerprint density at radius 1 is 0.704 bits per heavy atom. The molecule has 0 saturated heterocycles. The van der Waals surface area contributed by atoms with Gasteiger partial charge in [0.05, 0.1) is 0 Å². The minimum atomic E-state index is -0.483. The van der Waals surface area contributed by atoms with Gasteiger partial charge in [-0.05, 0) is 41.7 Å². The van der Waals surface area contributed by atoms with Crippen LogP contribution in [0.5, 0.6) is 0 Å². The van der Waals surface area contributed by atoms with Crippen molar-refractivity contribution in [2.45, 2.75) is 12.8 Å². The van der Waals surface area contributed by atoms with E-state index in [9.17, 15) is 8.78 Å². The molecule has 2 N–H and O–H groups in total. The molecule has 0 heterocycles. The summed E-state index contributed by atoms with van der Waals surface area (Å²) in [5.41, 5.74) is 2.84. The molecule has 0 spiro atoms. The zero-order valence-electron chi connectivity index (χ0n) is 14.9. The lowest BCUT2D eigenvalue weighted by Crippen LogP contribution is -2.11. The predicted molar refractivity (Wildman–Crippen MR) is 103 cm³/mol. The van der Waals surface area contributed by atoms with Crippen LogP contribution in [0.15, 0.2) is 66.7 Å². The zero-order chi connectivity index (χ0) is 19.2. The molecule has 3 aromatic carbocycles. The highest BCUT2D eigenvalue weighted by molar-refractivity contribution is 5.71. The number of aryl methyl sites for hydroxylation is 1. The SMILES string of the molecule is OCC(CO)CCc1ccc(-c2ccc(-c3ccccc3)cc2F)c(F)c1. The molecule has 0 bridgehead atoms. The number of halogens is 2. The van der Waals surface area contributed by atoms with Crippen LogP contribution >= 0.6 is 0 Å². The normalized spacial score (nSPS) is 11.1. The number of aliphatic hydroxyl groups excluding tert-OH is 2. The van der Waals surface area contributed by atoms with Crippen LogP contribution in [0, 0.1) is 17.6 Å². The third kappa shape index (κ3) is 4.59. The fourth-order valence-electron chi connectivity index (χ4n) is 3.09. The van der Waals surface area contributed by atoms with Gasteiger partial charge in [-0.25, -0.2) is 8.78 Å². The van der Waals surface area contributed by atoms with Gasteiger partial charge < -0.3 is 10.2 Å². The molecule has 0 aliphatic carbocycles. The average Bonchev–Trinajstić information content (AvgIpc) is 2.70. The third-order valence-electron chi connectivity index (χ3n) is 4.76. The molecule has 0 unspecified atom stereocenters. The second-order valence-electron chi connectivity index (χ2n) is 6.64. The maximum Gasteiger partial charge on any atom is 0.131 e. The van der Waals surface area contributed by atoms with E-state index in [0.29, 0.717) is 12.8 Å². The van der Waals surface area contributed by atoms with E-state index in [-0.39, 0.29) is 30.3 Å². The van der Waals surface area contributed by atoms with Crippen molar-refractivity contribution in [3.63, 3.8) is 0 Å². The lowest BCUT2D eigenvalue weighted by Gasteiger charge is -2.12. The van der Waals surface area contributed by atoms with Crippen LogP contribution in [0.4, 0.5) is 8.78 Å². The highest BCUT2D eigenvalue weighted by Crippen LogP contribution is 2.30. The standard InChI is InChI=1S/C23H22F2O2/c24-22-12-16(6-7-17(14-26)15-27)8-10-20(22)21-11-9-19(13-23(21)25)18-4-2-1-3-5-18/h1-5,8-13,17,26-27H,6-7,14-15H2. The van der Waals surface area contributed by atoms with Gasteiger partial charge in [-0.15, -0.1) is 0 Å². The molecule has 0 aromatic heterocycles. The van der Waals surface area contributed by atoms with Gasteiger partial charge in [0.25, 0.3) is 0 Å². The quantitative estimate of drug-likeness (QED) is 0.627. The summed E-state index contributed by atoms with van der Waals surface area (Å²) >= 11 is 0. The Hall–Kier alpha value is -2.56. The van der Waals surface area contributed by atoms with Crippen LogP contribution in [0.2, 0.25) is 0 Å². The summed E-state index contributed by atoms with van der Waals surface area (Å²) in [7, 11) is 0. The van der Waals surface area contributed by atoms with Crippen LogP contribution < -0.4 is 0 Å². The lowest BCUT2D eigenvalue weighted by atomic mass is 9.96. The first kappa shape index (κ1) is 19.2. The van der Waals surface area contributed by atoms with Crippen molar-refractivity contribution < 1.29 is 19.0 Å². The highest BCUT2D eigenvalue weighted by Gasteiger charge is 2.13. The van der Waals surface area contributed by atoms with Gasteiger partial charge in [-0.1, -0.05) is 54.6 Å². The molecule has 0 atom stereocenters. The number of hydrogen-bond acceptors (Lipinski definition) is 2. The van der Waals surface area contributed by atoms with Crippen molar-refractivity contribution >= 4 is 0 Å². The van der Waals surface area contributed by atoms with Gasteiger partial charge in [0.1, 0.15) is 11.6 Å². The Morgan fingerprint density at radius 3 is 1.93 bits per heavy atom. The number of rotatable bonds is 7. The molecule has 2 nitrogen and oxygen atoms in total. The lowest BCUT2D eigenvalue weighted by molar-refractivity contribution is 0.144. The van der Waals surface area contributed by atoms with Crippen molar-refractivity contribution in [1.29, 1.82) is 0 Å². The van der Waals surface area contributed by atoms with Gasteiger partial charge in [-0.3, -0.25) is 0 Å². The maximum absolute atomic E-state index is 14.6. The van der Waals surface area contributed by atoms with Crippen LogP contribution in [-0.2, 0) is 6.42 Å². The molecule has 3 rings (SSSR count). The Labute approximate surface area is 157 Å². The molecule has 27 heavy (non-hydrogen) atoms. The molecular formula is C23H22F2O2. The Bertz CT molecular complexity index is 890. The number of aliphatic hydroxyl groups is 2. The van der Waals surface area contributed by atoms with Crippen molar-refractivity contribution in [2.75, 3.05) is 13.2 Å². The van der Waals surface area contributed by atoms with Gasteiger partial charge in [-0.2, -0.15) is 0 Å². The largest absolute Gasteiger partial charge is 0.396 e. The highest BCUT2D eigenvalue weighted by atomic mass is 19.1. The summed E-state index contributed by atoms with van der Waals surface area (Å²) in [6.45, 7) is -0.202. The summed E-state index contributed by atoms with van der Waals surface area (Å²) in [4.78, 5) is 0. The van der Waals surface area contributed by atoms with E-state index in [2.05, 4.69) is 0 Å². The maximum atomic E-state index is 14.6. The smallest absolute Gasteiger partial charge is 0.131 e. The van der Waals surface area contributed by atoms with Crippen molar-refractivity contribution in [3.05, 3.63) is 83.9 Å². The fraction of sp³-hybridized carbons (Fsp3) is 0.217. The van der Waals surface area contributed by atoms with Crippen molar-refractivity contribution in [3.8, 4) is 22.3 Å². The van der Waals surface area contributed by atoms with Gasteiger partial charge in [0.2, 0.25) is 0 Å². The van der Waals surface area contributed by atoms with E-state index < -0.39 is 11.6 Å². The molecule has 0 saturated carbocycles. The van der Waals surface area contributed by atoms with E-state index in [0.717, 1.165) is 16.7 Å². The third-order valence-corrected chi connectivity index (χ3v) is 4.76. The Kier molecular flexibility index (Phi) is 6.32. The first-order chi connectivity index (χ1) is 13.1. The van der Waals surface area contributed by atoms with Crippen LogP contribution in [-0.4, -0.2) is 23.4 Å². The Morgan fingerprint density at radius 2 is 1.33 bits per heavy atom. The van der Waals surface area contributed by atoms with Gasteiger partial charge in [0.15, 0.2) is 0 Å². The van der Waals surface area contributed by atoms with Crippen LogP contribution in [0.3, 0.4) is 0 Å². The van der Waals surface area contributed by atoms with E-state index in [1.807, 2.05) is 30.3 Å². The second kappa shape index (κ2) is 8.89. The topological polar surface area (TPSA) is 40.5 Å². The average molecular weight is 368 g/mol.